The molecule has 0 spiro atoms. The summed E-state index contributed by atoms with van der Waals surface area (Å²) in [6.07, 6.45) is 25.3. The Morgan fingerprint density at radius 2 is 0.636 bits per heavy atom. The molecule has 0 aliphatic rings. The van der Waals surface area contributed by atoms with Crippen molar-refractivity contribution in [1.29, 1.82) is 0 Å². The van der Waals surface area contributed by atoms with Crippen LogP contribution < -0.4 is 0 Å². The molecule has 0 aliphatic heterocycles. The van der Waals surface area contributed by atoms with Gasteiger partial charge in [0.15, 0.2) is 0 Å². The van der Waals surface area contributed by atoms with Crippen LogP contribution in [0, 0.1) is 0 Å². The molecular weight excluding hydrogens is 280 g/mol. The van der Waals surface area contributed by atoms with Gasteiger partial charge in [0.1, 0.15) is 0 Å². The Labute approximate surface area is 145 Å². The Balaban J connectivity index is 2.91. The first-order valence-electron chi connectivity index (χ1n) is 10.9. The predicted molar refractivity (Wildman–Crippen MR) is 108 cm³/mol. The lowest BCUT2D eigenvalue weighted by Crippen LogP contribution is -1.90. The standard InChI is InChI=1S/C21H46Si/c1-3-5-7-9-11-12-13-14-15-17-19-21-22-20-18-16-10-8-6-4-2/h3-22H2,1-2H3. The Bertz CT molecular complexity index is 159. The van der Waals surface area contributed by atoms with E-state index in [1.54, 1.807) is 24.9 Å². The van der Waals surface area contributed by atoms with E-state index >= 15 is 0 Å². The van der Waals surface area contributed by atoms with Gasteiger partial charge in [0.25, 0.3) is 0 Å². The summed E-state index contributed by atoms with van der Waals surface area (Å²) in [6, 6.07) is 3.26. The molecule has 22 heavy (non-hydrogen) atoms. The van der Waals surface area contributed by atoms with E-state index in [4.69, 9.17) is 0 Å². The van der Waals surface area contributed by atoms with E-state index in [1.165, 1.54) is 96.3 Å². The molecule has 0 unspecified atom stereocenters. The van der Waals surface area contributed by atoms with Crippen molar-refractivity contribution in [3.05, 3.63) is 0 Å². The number of hydrogen-bond acceptors (Lipinski definition) is 0. The highest BCUT2D eigenvalue weighted by molar-refractivity contribution is 6.35. The maximum Gasteiger partial charge on any atom is 0.0197 e. The maximum atomic E-state index is 2.31. The third-order valence-electron chi connectivity index (χ3n) is 4.96. The summed E-state index contributed by atoms with van der Waals surface area (Å²) < 4.78 is 0. The van der Waals surface area contributed by atoms with Gasteiger partial charge in [0.2, 0.25) is 0 Å². The molecule has 0 fully saturated rings. The van der Waals surface area contributed by atoms with Crippen molar-refractivity contribution in [3.63, 3.8) is 0 Å². The van der Waals surface area contributed by atoms with Crippen LogP contribution in [0.5, 0.6) is 0 Å². The molecule has 0 heterocycles. The van der Waals surface area contributed by atoms with Crippen molar-refractivity contribution in [2.24, 2.45) is 0 Å². The Morgan fingerprint density at radius 3 is 0.955 bits per heavy atom. The van der Waals surface area contributed by atoms with Gasteiger partial charge in [-0.1, -0.05) is 135 Å². The SMILES string of the molecule is CCCCCCCCCCCCC[SiH2]CCCCCCCC. The van der Waals surface area contributed by atoms with E-state index in [0.717, 1.165) is 0 Å². The fourth-order valence-electron chi connectivity index (χ4n) is 3.33. The summed E-state index contributed by atoms with van der Waals surface area (Å²) in [6.45, 7) is 4.61. The van der Waals surface area contributed by atoms with Crippen molar-refractivity contribution >= 4 is 9.52 Å². The first-order valence-corrected chi connectivity index (χ1v) is 12.9. The largest absolute Gasteiger partial charge is 0.0654 e. The van der Waals surface area contributed by atoms with E-state index < -0.39 is 0 Å². The lowest BCUT2D eigenvalue weighted by atomic mass is 10.1. The van der Waals surface area contributed by atoms with Gasteiger partial charge < -0.3 is 0 Å². The molecule has 134 valence electrons. The molecule has 0 rings (SSSR count). The average Bonchev–Trinajstić information content (AvgIpc) is 2.54. The van der Waals surface area contributed by atoms with Crippen LogP contribution in [-0.2, 0) is 0 Å². The van der Waals surface area contributed by atoms with Crippen LogP contribution in [0.1, 0.15) is 123 Å². The summed E-state index contributed by atoms with van der Waals surface area (Å²) in [5, 5.41) is 0. The fraction of sp³-hybridized carbons (Fsp3) is 1.00. The smallest absolute Gasteiger partial charge is 0.0197 e. The lowest BCUT2D eigenvalue weighted by Gasteiger charge is -2.03. The van der Waals surface area contributed by atoms with Gasteiger partial charge in [0.05, 0.1) is 0 Å². The van der Waals surface area contributed by atoms with Crippen LogP contribution in [-0.4, -0.2) is 9.52 Å². The molecule has 1 heteroatoms. The minimum atomic E-state index is 0.316. The minimum absolute atomic E-state index is 0.316. The molecule has 0 N–H and O–H groups in total. The van der Waals surface area contributed by atoms with Gasteiger partial charge in [-0.2, -0.15) is 0 Å². The van der Waals surface area contributed by atoms with Crippen molar-refractivity contribution in [2.75, 3.05) is 0 Å². The van der Waals surface area contributed by atoms with Crippen LogP contribution in [0.25, 0.3) is 0 Å². The van der Waals surface area contributed by atoms with Crippen LogP contribution in [0.15, 0.2) is 0 Å². The van der Waals surface area contributed by atoms with Crippen molar-refractivity contribution in [3.8, 4) is 0 Å². The molecule has 0 aromatic rings. The first-order chi connectivity index (χ1) is 10.9. The van der Waals surface area contributed by atoms with Gasteiger partial charge in [0, 0.05) is 9.52 Å². The molecule has 0 aromatic heterocycles. The van der Waals surface area contributed by atoms with E-state index in [2.05, 4.69) is 13.8 Å². The molecule has 0 atom stereocenters. The zero-order chi connectivity index (χ0) is 16.1. The van der Waals surface area contributed by atoms with Gasteiger partial charge in [-0.15, -0.1) is 0 Å². The highest BCUT2D eigenvalue weighted by Crippen LogP contribution is 2.13. The molecule has 0 nitrogen and oxygen atoms in total. The zero-order valence-electron chi connectivity index (χ0n) is 16.1. The number of hydrogen-bond donors (Lipinski definition) is 0. The minimum Gasteiger partial charge on any atom is -0.0654 e. The summed E-state index contributed by atoms with van der Waals surface area (Å²) in [4.78, 5) is 0. The zero-order valence-corrected chi connectivity index (χ0v) is 17.6. The summed E-state index contributed by atoms with van der Waals surface area (Å²) in [5.41, 5.74) is 0. The van der Waals surface area contributed by atoms with Gasteiger partial charge in [-0.3, -0.25) is 0 Å². The summed E-state index contributed by atoms with van der Waals surface area (Å²) in [7, 11) is 0.316. The van der Waals surface area contributed by atoms with E-state index in [1.807, 2.05) is 0 Å². The maximum absolute atomic E-state index is 2.31. The van der Waals surface area contributed by atoms with Crippen molar-refractivity contribution < 1.29 is 0 Å². The molecule has 0 saturated heterocycles. The number of unbranched alkanes of at least 4 members (excludes halogenated alkanes) is 15. The fourth-order valence-corrected chi connectivity index (χ4v) is 5.10. The molecule has 0 aliphatic carbocycles. The Hall–Kier alpha value is 0.217. The highest BCUT2D eigenvalue weighted by atomic mass is 28.2. The van der Waals surface area contributed by atoms with E-state index in [-0.39, 0.29) is 0 Å². The van der Waals surface area contributed by atoms with E-state index in [9.17, 15) is 0 Å². The molecule has 0 amide bonds. The van der Waals surface area contributed by atoms with Crippen LogP contribution in [0.2, 0.25) is 12.1 Å². The normalized spacial score (nSPS) is 11.7. The highest BCUT2D eigenvalue weighted by Gasteiger charge is 1.95. The average molecular weight is 327 g/mol. The predicted octanol–water partition coefficient (Wildman–Crippen LogP) is 7.66. The third-order valence-corrected chi connectivity index (χ3v) is 6.96. The topological polar surface area (TPSA) is 0 Å². The Morgan fingerprint density at radius 1 is 0.364 bits per heavy atom. The quantitative estimate of drug-likeness (QED) is 0.169. The van der Waals surface area contributed by atoms with Gasteiger partial charge >= 0.3 is 0 Å². The lowest BCUT2D eigenvalue weighted by molar-refractivity contribution is 0.554. The molecule has 0 radical (unpaired) electrons. The van der Waals surface area contributed by atoms with Crippen LogP contribution >= 0.6 is 0 Å². The van der Waals surface area contributed by atoms with Gasteiger partial charge in [-0.25, -0.2) is 0 Å². The van der Waals surface area contributed by atoms with E-state index in [0.29, 0.717) is 9.52 Å². The second kappa shape index (κ2) is 21.2. The summed E-state index contributed by atoms with van der Waals surface area (Å²) >= 11 is 0. The second-order valence-electron chi connectivity index (χ2n) is 7.36. The molecule has 0 aromatic carbocycles. The van der Waals surface area contributed by atoms with Crippen molar-refractivity contribution in [2.45, 2.75) is 135 Å². The van der Waals surface area contributed by atoms with Crippen LogP contribution in [0.3, 0.4) is 0 Å². The molecule has 0 saturated carbocycles. The molecular formula is C21H46Si. The summed E-state index contributed by atoms with van der Waals surface area (Å²) in [5.74, 6) is 0. The van der Waals surface area contributed by atoms with Gasteiger partial charge in [-0.05, 0) is 0 Å². The third kappa shape index (κ3) is 20.2. The first kappa shape index (κ1) is 22.2. The Kier molecular flexibility index (Phi) is 21.4. The molecule has 0 bridgehead atoms. The monoisotopic (exact) mass is 326 g/mol. The van der Waals surface area contributed by atoms with Crippen LogP contribution in [0.4, 0.5) is 0 Å². The number of rotatable bonds is 19. The second-order valence-corrected chi connectivity index (χ2v) is 9.49. The van der Waals surface area contributed by atoms with Crippen molar-refractivity contribution in [1.82, 2.24) is 0 Å².